The molecule has 0 aliphatic heterocycles. The van der Waals surface area contributed by atoms with Gasteiger partial charge >= 0.3 is 0 Å². The van der Waals surface area contributed by atoms with E-state index in [2.05, 4.69) is 20.4 Å². The van der Waals surface area contributed by atoms with E-state index in [4.69, 9.17) is 11.6 Å². The van der Waals surface area contributed by atoms with Gasteiger partial charge in [0.25, 0.3) is 5.56 Å². The zero-order chi connectivity index (χ0) is 21.8. The van der Waals surface area contributed by atoms with Gasteiger partial charge in [-0.25, -0.2) is 4.98 Å². The van der Waals surface area contributed by atoms with Crippen LogP contribution in [-0.4, -0.2) is 25.7 Å². The second-order valence-corrected chi connectivity index (χ2v) is 8.35. The molecule has 0 radical (unpaired) electrons. The molecule has 1 aromatic carbocycles. The molecule has 9 heteroatoms. The van der Waals surface area contributed by atoms with Gasteiger partial charge in [-0.3, -0.25) is 14.6 Å². The third kappa shape index (κ3) is 5.10. The summed E-state index contributed by atoms with van der Waals surface area (Å²) in [7, 11) is 0. The highest BCUT2D eigenvalue weighted by molar-refractivity contribution is 7.13. The lowest BCUT2D eigenvalue weighted by Gasteiger charge is -2.09. The summed E-state index contributed by atoms with van der Waals surface area (Å²) in [6.45, 7) is 2.02. The van der Waals surface area contributed by atoms with E-state index in [-0.39, 0.29) is 23.8 Å². The highest BCUT2D eigenvalue weighted by Crippen LogP contribution is 2.27. The van der Waals surface area contributed by atoms with Crippen LogP contribution in [0.4, 0.5) is 5.82 Å². The maximum absolute atomic E-state index is 12.7. The maximum atomic E-state index is 12.7. The lowest BCUT2D eigenvalue weighted by atomic mass is 10.1. The van der Waals surface area contributed by atoms with Crippen LogP contribution in [0.25, 0.3) is 16.5 Å². The number of nitrogens with zero attached hydrogens (tertiary/aromatic N) is 3. The standard InChI is InChI=1S/C22H20ClN5O2S/c1-2-4-16-12-21(30)26-22(24-16)28-19(13-17(27-28)18-5-3-10-31-18)25-20(29)11-14-6-8-15(23)9-7-14/h3,5-10,12-13H,2,4,11H2,1H3,(H,25,29)(H,24,26,30). The van der Waals surface area contributed by atoms with Gasteiger partial charge in [-0.1, -0.05) is 43.1 Å². The van der Waals surface area contributed by atoms with Crippen LogP contribution in [0.2, 0.25) is 5.02 Å². The number of rotatable bonds is 7. The Bertz CT molecular complexity index is 1250. The summed E-state index contributed by atoms with van der Waals surface area (Å²) in [4.78, 5) is 33.1. The molecule has 3 heterocycles. The summed E-state index contributed by atoms with van der Waals surface area (Å²) >= 11 is 7.46. The molecule has 0 unspecified atom stereocenters. The summed E-state index contributed by atoms with van der Waals surface area (Å²) in [5.41, 5.74) is 1.93. The van der Waals surface area contributed by atoms with Crippen molar-refractivity contribution in [2.45, 2.75) is 26.2 Å². The van der Waals surface area contributed by atoms with Crippen molar-refractivity contribution in [2.24, 2.45) is 0 Å². The Balaban J connectivity index is 1.68. The average molecular weight is 454 g/mol. The monoisotopic (exact) mass is 453 g/mol. The third-order valence-electron chi connectivity index (χ3n) is 4.52. The molecule has 0 atom stereocenters. The zero-order valence-electron chi connectivity index (χ0n) is 16.8. The van der Waals surface area contributed by atoms with E-state index in [0.717, 1.165) is 16.9 Å². The van der Waals surface area contributed by atoms with Gasteiger partial charge in [-0.05, 0) is 35.6 Å². The maximum Gasteiger partial charge on any atom is 0.252 e. The van der Waals surface area contributed by atoms with Gasteiger partial charge in [0.2, 0.25) is 11.9 Å². The number of hydrogen-bond acceptors (Lipinski definition) is 5. The summed E-state index contributed by atoms with van der Waals surface area (Å²) in [5, 5.41) is 10.1. The number of anilines is 1. The number of carbonyl (C=O) groups excluding carboxylic acids is 1. The fourth-order valence-corrected chi connectivity index (χ4v) is 3.94. The molecule has 0 saturated carbocycles. The smallest absolute Gasteiger partial charge is 0.252 e. The van der Waals surface area contributed by atoms with Gasteiger partial charge in [0.05, 0.1) is 11.3 Å². The lowest BCUT2D eigenvalue weighted by molar-refractivity contribution is -0.115. The van der Waals surface area contributed by atoms with E-state index in [1.807, 2.05) is 36.6 Å². The number of benzene rings is 1. The predicted molar refractivity (Wildman–Crippen MR) is 123 cm³/mol. The molecule has 2 N–H and O–H groups in total. The van der Waals surface area contributed by atoms with Crippen LogP contribution in [-0.2, 0) is 17.6 Å². The number of hydrogen-bond donors (Lipinski definition) is 2. The molecule has 0 bridgehead atoms. The number of nitrogens with one attached hydrogen (secondary N) is 2. The largest absolute Gasteiger partial charge is 0.310 e. The molecule has 7 nitrogen and oxygen atoms in total. The Kier molecular flexibility index (Phi) is 6.29. The first-order valence-corrected chi connectivity index (χ1v) is 11.1. The minimum absolute atomic E-state index is 0.177. The Morgan fingerprint density at radius 1 is 1.23 bits per heavy atom. The molecule has 1 amide bonds. The van der Waals surface area contributed by atoms with Crippen LogP contribution in [0, 0.1) is 0 Å². The molecule has 31 heavy (non-hydrogen) atoms. The average Bonchev–Trinajstić information content (AvgIpc) is 3.39. The Morgan fingerprint density at radius 2 is 2.03 bits per heavy atom. The van der Waals surface area contributed by atoms with Crippen molar-refractivity contribution in [1.29, 1.82) is 0 Å². The predicted octanol–water partition coefficient (Wildman–Crippen LogP) is 4.47. The normalized spacial score (nSPS) is 10.9. The highest BCUT2D eigenvalue weighted by atomic mass is 35.5. The molecule has 158 valence electrons. The minimum Gasteiger partial charge on any atom is -0.310 e. The van der Waals surface area contributed by atoms with Crippen molar-refractivity contribution >= 4 is 34.7 Å². The quantitative estimate of drug-likeness (QED) is 0.431. The molecular formula is C22H20ClN5O2S. The second-order valence-electron chi connectivity index (χ2n) is 6.97. The molecule has 0 fully saturated rings. The van der Waals surface area contributed by atoms with Crippen LogP contribution in [0.3, 0.4) is 0 Å². The van der Waals surface area contributed by atoms with E-state index >= 15 is 0 Å². The molecule has 0 aliphatic rings. The second kappa shape index (κ2) is 9.28. The van der Waals surface area contributed by atoms with Crippen molar-refractivity contribution in [3.05, 3.63) is 80.5 Å². The fraction of sp³-hybridized carbons (Fsp3) is 0.182. The number of aromatic amines is 1. The molecule has 4 aromatic rings. The molecule has 4 rings (SSSR count). The molecule has 3 aromatic heterocycles. The number of amides is 1. The van der Waals surface area contributed by atoms with Crippen molar-refractivity contribution in [1.82, 2.24) is 19.7 Å². The number of carbonyl (C=O) groups is 1. The summed E-state index contributed by atoms with van der Waals surface area (Å²) < 4.78 is 1.47. The molecule has 0 spiro atoms. The highest BCUT2D eigenvalue weighted by Gasteiger charge is 2.17. The van der Waals surface area contributed by atoms with E-state index < -0.39 is 0 Å². The third-order valence-corrected chi connectivity index (χ3v) is 5.66. The Hall–Kier alpha value is -3.23. The van der Waals surface area contributed by atoms with Crippen molar-refractivity contribution in [3.63, 3.8) is 0 Å². The van der Waals surface area contributed by atoms with Gasteiger partial charge < -0.3 is 5.32 Å². The molecular weight excluding hydrogens is 434 g/mol. The van der Waals surface area contributed by atoms with Crippen LogP contribution >= 0.6 is 22.9 Å². The van der Waals surface area contributed by atoms with Crippen molar-refractivity contribution in [3.8, 4) is 16.5 Å². The van der Waals surface area contributed by atoms with E-state index in [1.54, 1.807) is 18.2 Å². The number of thiophene rings is 1. The number of aromatic nitrogens is 4. The van der Waals surface area contributed by atoms with Gasteiger partial charge in [0.1, 0.15) is 11.5 Å². The van der Waals surface area contributed by atoms with Gasteiger partial charge in [-0.15, -0.1) is 11.3 Å². The van der Waals surface area contributed by atoms with Crippen LogP contribution in [0.1, 0.15) is 24.6 Å². The van der Waals surface area contributed by atoms with Crippen LogP contribution in [0.15, 0.2) is 58.7 Å². The van der Waals surface area contributed by atoms with Gasteiger partial charge in [-0.2, -0.15) is 9.78 Å². The summed E-state index contributed by atoms with van der Waals surface area (Å²) in [6, 6.07) is 14.2. The van der Waals surface area contributed by atoms with Crippen molar-refractivity contribution < 1.29 is 4.79 Å². The first-order chi connectivity index (χ1) is 15.0. The molecule has 0 saturated heterocycles. The lowest BCUT2D eigenvalue weighted by Crippen LogP contribution is -2.20. The Morgan fingerprint density at radius 3 is 2.74 bits per heavy atom. The van der Waals surface area contributed by atoms with Gasteiger partial charge in [0, 0.05) is 22.8 Å². The Labute approximate surface area is 187 Å². The zero-order valence-corrected chi connectivity index (χ0v) is 18.3. The van der Waals surface area contributed by atoms with Gasteiger partial charge in [0.15, 0.2) is 0 Å². The van der Waals surface area contributed by atoms with E-state index in [0.29, 0.717) is 28.6 Å². The van der Waals surface area contributed by atoms with Crippen LogP contribution < -0.4 is 10.9 Å². The summed E-state index contributed by atoms with van der Waals surface area (Å²) in [5.74, 6) is 0.480. The first kappa shape index (κ1) is 21.0. The fourth-order valence-electron chi connectivity index (χ4n) is 3.13. The molecule has 0 aliphatic carbocycles. The topological polar surface area (TPSA) is 92.7 Å². The number of aryl methyl sites for hydroxylation is 1. The van der Waals surface area contributed by atoms with E-state index in [1.165, 1.54) is 22.1 Å². The minimum atomic E-state index is -0.264. The SMILES string of the molecule is CCCc1cc(=O)[nH]c(-n2nc(-c3cccs3)cc2NC(=O)Cc2ccc(Cl)cc2)n1. The van der Waals surface area contributed by atoms with Crippen molar-refractivity contribution in [2.75, 3.05) is 5.32 Å². The summed E-state index contributed by atoms with van der Waals surface area (Å²) in [6.07, 6.45) is 1.71. The number of halogens is 1. The first-order valence-electron chi connectivity index (χ1n) is 9.80. The van der Waals surface area contributed by atoms with Crippen LogP contribution in [0.5, 0.6) is 0 Å². The van der Waals surface area contributed by atoms with E-state index in [9.17, 15) is 9.59 Å². The number of H-pyrrole nitrogens is 1.